The molecule has 0 amide bonds. The Labute approximate surface area is 118 Å². The first kappa shape index (κ1) is 16.2. The van der Waals surface area contributed by atoms with E-state index in [2.05, 4.69) is 0 Å². The third-order valence-electron chi connectivity index (χ3n) is 2.90. The fourth-order valence-corrected chi connectivity index (χ4v) is 2.00. The van der Waals surface area contributed by atoms with Crippen LogP contribution in [-0.2, 0) is 4.74 Å². The Bertz CT molecular complexity index is 505. The minimum atomic E-state index is -0.752. The Morgan fingerprint density at radius 2 is 2.00 bits per heavy atom. The first-order valence-corrected chi connectivity index (χ1v) is 6.48. The van der Waals surface area contributed by atoms with E-state index in [4.69, 9.17) is 9.47 Å². The summed E-state index contributed by atoms with van der Waals surface area (Å²) in [5, 5.41) is 9.35. The lowest BCUT2D eigenvalue weighted by molar-refractivity contribution is 0.0525. The van der Waals surface area contributed by atoms with Gasteiger partial charge in [-0.1, -0.05) is 0 Å². The van der Waals surface area contributed by atoms with Crippen molar-refractivity contribution >= 4 is 11.8 Å². The molecule has 0 spiro atoms. The highest BCUT2D eigenvalue weighted by Crippen LogP contribution is 2.27. The molecule has 0 saturated heterocycles. The number of aliphatic hydroxyl groups is 1. The molecule has 0 heterocycles. The summed E-state index contributed by atoms with van der Waals surface area (Å²) in [5.74, 6) is -0.347. The van der Waals surface area contributed by atoms with Gasteiger partial charge in [0.15, 0.2) is 5.78 Å². The number of carbonyl (C=O) groups is 2. The van der Waals surface area contributed by atoms with Crippen molar-refractivity contribution in [3.05, 3.63) is 28.8 Å². The molecule has 0 aromatic heterocycles. The second kappa shape index (κ2) is 7.05. The van der Waals surface area contributed by atoms with E-state index >= 15 is 0 Å². The van der Waals surface area contributed by atoms with E-state index in [0.29, 0.717) is 22.4 Å². The molecule has 5 heteroatoms. The Kier molecular flexibility index (Phi) is 5.70. The molecule has 0 aliphatic carbocycles. The lowest BCUT2D eigenvalue weighted by Crippen LogP contribution is -2.15. The summed E-state index contributed by atoms with van der Waals surface area (Å²) in [5.41, 5.74) is 1.16. The molecule has 0 aliphatic rings. The van der Waals surface area contributed by atoms with Crippen LogP contribution in [0.5, 0.6) is 5.75 Å². The van der Waals surface area contributed by atoms with Crippen molar-refractivity contribution in [3.8, 4) is 5.75 Å². The fraction of sp³-hybridized carbons (Fsp3) is 0.467. The largest absolute Gasteiger partial charge is 0.496 e. The lowest BCUT2D eigenvalue weighted by atomic mass is 9.95. The van der Waals surface area contributed by atoms with Gasteiger partial charge in [0.1, 0.15) is 5.75 Å². The van der Waals surface area contributed by atoms with Crippen molar-refractivity contribution < 1.29 is 24.2 Å². The maximum absolute atomic E-state index is 12.2. The van der Waals surface area contributed by atoms with Gasteiger partial charge in [-0.15, -0.1) is 0 Å². The number of ether oxygens (including phenoxy) is 2. The second-order valence-corrected chi connectivity index (χ2v) is 4.51. The van der Waals surface area contributed by atoms with Gasteiger partial charge in [-0.25, -0.2) is 4.79 Å². The number of methoxy groups -OCH3 is 1. The standard InChI is InChI=1S/C15H20O5/c1-5-20-15(18)11-6-7-13(19-4)14(10(11)3)12(17)8-9(2)16/h6-7,9,16H,5,8H2,1-4H3. The smallest absolute Gasteiger partial charge is 0.338 e. The van der Waals surface area contributed by atoms with E-state index in [1.54, 1.807) is 26.0 Å². The normalized spacial score (nSPS) is 11.8. The second-order valence-electron chi connectivity index (χ2n) is 4.51. The van der Waals surface area contributed by atoms with E-state index in [1.165, 1.54) is 14.0 Å². The van der Waals surface area contributed by atoms with Gasteiger partial charge in [-0.2, -0.15) is 0 Å². The van der Waals surface area contributed by atoms with Crippen molar-refractivity contribution in [1.29, 1.82) is 0 Å². The maximum Gasteiger partial charge on any atom is 0.338 e. The van der Waals surface area contributed by atoms with Crippen molar-refractivity contribution in [1.82, 2.24) is 0 Å². The molecule has 1 unspecified atom stereocenters. The lowest BCUT2D eigenvalue weighted by Gasteiger charge is -2.14. The highest BCUT2D eigenvalue weighted by atomic mass is 16.5. The van der Waals surface area contributed by atoms with Crippen LogP contribution >= 0.6 is 0 Å². The van der Waals surface area contributed by atoms with Crippen molar-refractivity contribution in [2.24, 2.45) is 0 Å². The summed E-state index contributed by atoms with van der Waals surface area (Å²) in [6.45, 7) is 5.19. The predicted molar refractivity (Wildman–Crippen MR) is 74.3 cm³/mol. The molecule has 5 nitrogen and oxygen atoms in total. The Balaban J connectivity index is 3.28. The Morgan fingerprint density at radius 3 is 2.50 bits per heavy atom. The van der Waals surface area contributed by atoms with Crippen molar-refractivity contribution in [3.63, 3.8) is 0 Å². The van der Waals surface area contributed by atoms with Crippen LogP contribution < -0.4 is 4.74 Å². The monoisotopic (exact) mass is 280 g/mol. The number of aliphatic hydroxyl groups excluding tert-OH is 1. The first-order valence-electron chi connectivity index (χ1n) is 6.48. The van der Waals surface area contributed by atoms with Crippen LogP contribution in [0.4, 0.5) is 0 Å². The van der Waals surface area contributed by atoms with E-state index in [0.717, 1.165) is 0 Å². The van der Waals surface area contributed by atoms with Crippen molar-refractivity contribution in [2.75, 3.05) is 13.7 Å². The maximum atomic E-state index is 12.2. The van der Waals surface area contributed by atoms with Gasteiger partial charge in [0.2, 0.25) is 0 Å². The molecule has 20 heavy (non-hydrogen) atoms. The highest BCUT2D eigenvalue weighted by Gasteiger charge is 2.22. The molecular weight excluding hydrogens is 260 g/mol. The van der Waals surface area contributed by atoms with Crippen LogP contribution in [0.25, 0.3) is 0 Å². The quantitative estimate of drug-likeness (QED) is 0.638. The predicted octanol–water partition coefficient (Wildman–Crippen LogP) is 2.13. The number of esters is 1. The fourth-order valence-electron chi connectivity index (χ4n) is 2.00. The summed E-state index contributed by atoms with van der Waals surface area (Å²) < 4.78 is 10.1. The minimum absolute atomic E-state index is 0.0243. The van der Waals surface area contributed by atoms with Crippen LogP contribution in [0.1, 0.15) is 46.5 Å². The van der Waals surface area contributed by atoms with Gasteiger partial charge >= 0.3 is 5.97 Å². The molecule has 0 radical (unpaired) electrons. The first-order chi connectivity index (χ1) is 9.42. The van der Waals surface area contributed by atoms with E-state index < -0.39 is 12.1 Å². The molecule has 110 valence electrons. The Morgan fingerprint density at radius 1 is 1.35 bits per heavy atom. The summed E-state index contributed by atoms with van der Waals surface area (Å²) in [4.78, 5) is 24.0. The Hall–Kier alpha value is -1.88. The average Bonchev–Trinajstić information content (AvgIpc) is 2.37. The molecule has 1 N–H and O–H groups in total. The van der Waals surface area contributed by atoms with Gasteiger partial charge in [-0.3, -0.25) is 4.79 Å². The van der Waals surface area contributed by atoms with Crippen LogP contribution in [-0.4, -0.2) is 36.7 Å². The van der Waals surface area contributed by atoms with Crippen LogP contribution in [0.15, 0.2) is 12.1 Å². The summed E-state index contributed by atoms with van der Waals surface area (Å²) >= 11 is 0. The zero-order valence-corrected chi connectivity index (χ0v) is 12.2. The van der Waals surface area contributed by atoms with Gasteiger partial charge in [0, 0.05) is 6.42 Å². The molecule has 1 atom stereocenters. The average molecular weight is 280 g/mol. The van der Waals surface area contributed by atoms with E-state index in [-0.39, 0.29) is 18.8 Å². The number of rotatable bonds is 6. The molecule has 0 aliphatic heterocycles. The van der Waals surface area contributed by atoms with Gasteiger partial charge in [0.25, 0.3) is 0 Å². The molecule has 0 saturated carbocycles. The number of Topliss-reactive ketones (excluding diaryl/α,β-unsaturated/α-hetero) is 1. The number of hydrogen-bond donors (Lipinski definition) is 1. The van der Waals surface area contributed by atoms with E-state index in [9.17, 15) is 14.7 Å². The number of hydrogen-bond acceptors (Lipinski definition) is 5. The van der Waals surface area contributed by atoms with Gasteiger partial charge in [0.05, 0.1) is 30.9 Å². The number of ketones is 1. The van der Waals surface area contributed by atoms with Crippen LogP contribution in [0, 0.1) is 6.92 Å². The van der Waals surface area contributed by atoms with Gasteiger partial charge in [-0.05, 0) is 38.5 Å². The van der Waals surface area contributed by atoms with Crippen LogP contribution in [0.3, 0.4) is 0 Å². The third kappa shape index (κ3) is 3.57. The zero-order valence-electron chi connectivity index (χ0n) is 12.2. The van der Waals surface area contributed by atoms with Crippen molar-refractivity contribution in [2.45, 2.75) is 33.3 Å². The SMILES string of the molecule is CCOC(=O)c1ccc(OC)c(C(=O)CC(C)O)c1C. The summed E-state index contributed by atoms with van der Waals surface area (Å²) in [6, 6.07) is 3.14. The minimum Gasteiger partial charge on any atom is -0.496 e. The number of benzene rings is 1. The summed E-state index contributed by atoms with van der Waals surface area (Å²) in [7, 11) is 1.46. The summed E-state index contributed by atoms with van der Waals surface area (Å²) in [6.07, 6.45) is -0.776. The highest BCUT2D eigenvalue weighted by molar-refractivity contribution is 6.03. The number of carbonyl (C=O) groups excluding carboxylic acids is 2. The van der Waals surface area contributed by atoms with E-state index in [1.807, 2.05) is 0 Å². The topological polar surface area (TPSA) is 72.8 Å². The molecule has 1 aromatic rings. The molecule has 0 fully saturated rings. The van der Waals surface area contributed by atoms with Gasteiger partial charge < -0.3 is 14.6 Å². The van der Waals surface area contributed by atoms with Crippen LogP contribution in [0.2, 0.25) is 0 Å². The molecule has 1 rings (SSSR count). The third-order valence-corrected chi connectivity index (χ3v) is 2.90. The zero-order chi connectivity index (χ0) is 15.3. The molecular formula is C15H20O5. The molecule has 0 bridgehead atoms. The molecule has 1 aromatic carbocycles.